The van der Waals surface area contributed by atoms with E-state index in [0.29, 0.717) is 12.8 Å². The molecule has 7 unspecified atom stereocenters. The van der Waals surface area contributed by atoms with E-state index in [1.807, 2.05) is 0 Å². The third-order valence-electron chi connectivity index (χ3n) is 11.9. The Morgan fingerprint density at radius 2 is 0.982 bits per heavy atom. The summed E-state index contributed by atoms with van der Waals surface area (Å²) in [5, 5.41) is 54.4. The number of aliphatic hydroxyl groups is 5. The highest BCUT2D eigenvalue weighted by Crippen LogP contribution is 2.23. The van der Waals surface area contributed by atoms with Crippen molar-refractivity contribution in [1.82, 2.24) is 5.32 Å². The zero-order valence-electron chi connectivity index (χ0n) is 37.1. The molecule has 0 aromatic heterocycles. The number of carbonyl (C=O) groups excluding carboxylic acids is 1. The second-order valence-electron chi connectivity index (χ2n) is 17.3. The second kappa shape index (κ2) is 39.1. The van der Waals surface area contributed by atoms with E-state index in [0.717, 1.165) is 51.4 Å². The highest BCUT2D eigenvalue weighted by atomic mass is 16.7. The normalized spacial score (nSPS) is 21.0. The van der Waals surface area contributed by atoms with Crippen molar-refractivity contribution in [3.05, 3.63) is 12.2 Å². The van der Waals surface area contributed by atoms with Gasteiger partial charge in [-0.15, -0.1) is 0 Å². The molecule has 1 saturated heterocycles. The first-order valence-electron chi connectivity index (χ1n) is 24.4. The first-order chi connectivity index (χ1) is 27.8. The average molecular weight is 812 g/mol. The van der Waals surface area contributed by atoms with Crippen LogP contribution >= 0.6 is 0 Å². The lowest BCUT2D eigenvalue weighted by Gasteiger charge is -2.40. The average Bonchev–Trinajstić information content (AvgIpc) is 3.21. The number of hydrogen-bond acceptors (Lipinski definition) is 8. The molecule has 0 spiro atoms. The fraction of sp³-hybridized carbons (Fsp3) is 0.938. The van der Waals surface area contributed by atoms with Gasteiger partial charge >= 0.3 is 0 Å². The molecule has 1 fully saturated rings. The van der Waals surface area contributed by atoms with Crippen LogP contribution in [0.25, 0.3) is 0 Å². The van der Waals surface area contributed by atoms with Crippen LogP contribution in [-0.4, -0.2) is 87.5 Å². The smallest absolute Gasteiger partial charge is 0.220 e. The van der Waals surface area contributed by atoms with E-state index in [9.17, 15) is 30.3 Å². The number of nitrogens with one attached hydrogen (secondary N) is 1. The molecule has 0 aliphatic carbocycles. The van der Waals surface area contributed by atoms with Gasteiger partial charge in [-0.3, -0.25) is 4.79 Å². The molecule has 9 heteroatoms. The van der Waals surface area contributed by atoms with Crippen molar-refractivity contribution in [2.45, 2.75) is 275 Å². The van der Waals surface area contributed by atoms with Gasteiger partial charge in [0, 0.05) is 6.42 Å². The van der Waals surface area contributed by atoms with Crippen molar-refractivity contribution in [2.75, 3.05) is 13.2 Å². The van der Waals surface area contributed by atoms with Gasteiger partial charge in [-0.2, -0.15) is 0 Å². The van der Waals surface area contributed by atoms with Gasteiger partial charge in [-0.25, -0.2) is 0 Å². The summed E-state index contributed by atoms with van der Waals surface area (Å²) in [5.41, 5.74) is 0. The maximum absolute atomic E-state index is 13.0. The van der Waals surface area contributed by atoms with E-state index in [1.165, 1.54) is 154 Å². The van der Waals surface area contributed by atoms with Gasteiger partial charge in [0.15, 0.2) is 6.29 Å². The zero-order chi connectivity index (χ0) is 41.6. The van der Waals surface area contributed by atoms with Crippen LogP contribution < -0.4 is 5.32 Å². The minimum atomic E-state index is -1.55. The van der Waals surface area contributed by atoms with E-state index in [-0.39, 0.29) is 12.5 Å². The van der Waals surface area contributed by atoms with Gasteiger partial charge < -0.3 is 40.3 Å². The molecule has 0 radical (unpaired) electrons. The number of aliphatic hydroxyl groups excluding tert-OH is 5. The van der Waals surface area contributed by atoms with Crippen LogP contribution in [-0.2, 0) is 14.3 Å². The molecule has 1 aliphatic rings. The quantitative estimate of drug-likeness (QED) is 0.0264. The number of ether oxygens (including phenoxy) is 2. The van der Waals surface area contributed by atoms with Gasteiger partial charge in [0.2, 0.25) is 5.91 Å². The Kier molecular flexibility index (Phi) is 37.0. The van der Waals surface area contributed by atoms with Crippen molar-refractivity contribution in [2.24, 2.45) is 0 Å². The largest absolute Gasteiger partial charge is 0.394 e. The van der Waals surface area contributed by atoms with Gasteiger partial charge in [0.1, 0.15) is 24.4 Å². The first-order valence-corrected chi connectivity index (χ1v) is 24.4. The molecular formula is C48H93NO8. The van der Waals surface area contributed by atoms with Crippen LogP contribution in [0.2, 0.25) is 0 Å². The maximum Gasteiger partial charge on any atom is 0.220 e. The van der Waals surface area contributed by atoms with Crippen molar-refractivity contribution < 1.29 is 39.8 Å². The summed E-state index contributed by atoms with van der Waals surface area (Å²) in [5.74, 6) is -0.150. The Hall–Kier alpha value is -1.07. The highest BCUT2D eigenvalue weighted by Gasteiger charge is 2.44. The van der Waals surface area contributed by atoms with Crippen molar-refractivity contribution in [1.29, 1.82) is 0 Å². The summed E-state index contributed by atoms with van der Waals surface area (Å²) in [6.45, 7) is 3.84. The standard InChI is InChI=1S/C48H93NO8/c1-3-5-7-9-11-13-15-17-19-21-22-24-26-28-30-32-34-36-38-44(52)49-41(40-56-48-47(55)46(54)45(53)43(39-50)57-48)42(51)37-35-33-31-29-27-25-23-20-18-16-14-12-10-8-6-4-2/h22,24,41-43,45-48,50-51,53-55H,3-21,23,25-40H2,1-2H3,(H,49,52)/b24-22-. The minimum Gasteiger partial charge on any atom is -0.394 e. The third-order valence-corrected chi connectivity index (χ3v) is 11.9. The van der Waals surface area contributed by atoms with Crippen molar-refractivity contribution in [3.8, 4) is 0 Å². The number of unbranched alkanes of at least 4 members (excludes halogenated alkanes) is 29. The fourth-order valence-electron chi connectivity index (χ4n) is 7.92. The Balaban J connectivity index is 2.30. The summed E-state index contributed by atoms with van der Waals surface area (Å²) in [6, 6.07) is -0.719. The topological polar surface area (TPSA) is 149 Å². The molecule has 1 rings (SSSR count). The Bertz CT molecular complexity index is 904. The van der Waals surface area contributed by atoms with E-state index in [2.05, 4.69) is 31.3 Å². The van der Waals surface area contributed by atoms with E-state index in [1.54, 1.807) is 0 Å². The molecular weight excluding hydrogens is 719 g/mol. The third kappa shape index (κ3) is 29.7. The molecule has 9 nitrogen and oxygen atoms in total. The minimum absolute atomic E-state index is 0.138. The first kappa shape index (κ1) is 53.9. The Morgan fingerprint density at radius 1 is 0.579 bits per heavy atom. The Morgan fingerprint density at radius 3 is 1.42 bits per heavy atom. The second-order valence-corrected chi connectivity index (χ2v) is 17.3. The van der Waals surface area contributed by atoms with Gasteiger partial charge in [-0.1, -0.05) is 199 Å². The van der Waals surface area contributed by atoms with Crippen LogP contribution in [0.15, 0.2) is 12.2 Å². The maximum atomic E-state index is 13.0. The van der Waals surface area contributed by atoms with Crippen LogP contribution in [0.4, 0.5) is 0 Å². The number of hydrogen-bond donors (Lipinski definition) is 6. The van der Waals surface area contributed by atoms with Crippen molar-refractivity contribution >= 4 is 5.91 Å². The van der Waals surface area contributed by atoms with Crippen LogP contribution in [0.1, 0.15) is 232 Å². The predicted molar refractivity (Wildman–Crippen MR) is 235 cm³/mol. The van der Waals surface area contributed by atoms with Gasteiger partial charge in [0.05, 0.1) is 25.4 Å². The highest BCUT2D eigenvalue weighted by molar-refractivity contribution is 5.76. The molecule has 7 atom stereocenters. The molecule has 1 amide bonds. The molecule has 0 bridgehead atoms. The van der Waals surface area contributed by atoms with E-state index < -0.39 is 49.5 Å². The summed E-state index contributed by atoms with van der Waals surface area (Å²) >= 11 is 0. The molecule has 0 aromatic rings. The molecule has 0 saturated carbocycles. The summed E-state index contributed by atoms with van der Waals surface area (Å²) in [6.07, 6.45) is 37.9. The summed E-state index contributed by atoms with van der Waals surface area (Å²) in [7, 11) is 0. The lowest BCUT2D eigenvalue weighted by Crippen LogP contribution is -2.60. The van der Waals surface area contributed by atoms with Gasteiger partial charge in [0.25, 0.3) is 0 Å². The number of allylic oxidation sites excluding steroid dienone is 2. The van der Waals surface area contributed by atoms with Crippen molar-refractivity contribution in [3.63, 3.8) is 0 Å². The molecule has 57 heavy (non-hydrogen) atoms. The van der Waals surface area contributed by atoms with E-state index in [4.69, 9.17) is 9.47 Å². The number of amides is 1. The molecule has 338 valence electrons. The van der Waals surface area contributed by atoms with Crippen LogP contribution in [0.5, 0.6) is 0 Å². The SMILES string of the molecule is CCCCCCCCCCC/C=C\CCCCCCCC(=O)NC(COC1OC(CO)C(O)C(O)C1O)C(O)CCCCCCCCCCCCCCCCCC. The van der Waals surface area contributed by atoms with Gasteiger partial charge in [-0.05, 0) is 38.5 Å². The van der Waals surface area contributed by atoms with E-state index >= 15 is 0 Å². The summed E-state index contributed by atoms with van der Waals surface area (Å²) < 4.78 is 11.3. The summed E-state index contributed by atoms with van der Waals surface area (Å²) in [4.78, 5) is 13.0. The monoisotopic (exact) mass is 812 g/mol. The predicted octanol–water partition coefficient (Wildman–Crippen LogP) is 10.5. The number of rotatable bonds is 41. The number of carbonyl (C=O) groups is 1. The Labute approximate surface area is 350 Å². The van der Waals surface area contributed by atoms with Crippen LogP contribution in [0.3, 0.4) is 0 Å². The molecule has 0 aromatic carbocycles. The zero-order valence-corrected chi connectivity index (χ0v) is 37.1. The molecule has 6 N–H and O–H groups in total. The molecule has 1 heterocycles. The fourth-order valence-corrected chi connectivity index (χ4v) is 7.92. The lowest BCUT2D eigenvalue weighted by molar-refractivity contribution is -0.302. The molecule has 1 aliphatic heterocycles. The van der Waals surface area contributed by atoms with Crippen LogP contribution in [0, 0.1) is 0 Å². The lowest BCUT2D eigenvalue weighted by atomic mass is 9.99.